The van der Waals surface area contributed by atoms with Crippen molar-refractivity contribution in [1.82, 2.24) is 10.2 Å². The highest BCUT2D eigenvalue weighted by Gasteiger charge is 2.45. The molecule has 0 aromatic heterocycles. The molecule has 4 atom stereocenters. The zero-order valence-corrected chi connectivity index (χ0v) is 20.3. The van der Waals surface area contributed by atoms with E-state index in [4.69, 9.17) is 15.6 Å². The van der Waals surface area contributed by atoms with E-state index in [2.05, 4.69) is 29.6 Å². The van der Waals surface area contributed by atoms with Gasteiger partial charge in [0.25, 0.3) is 0 Å². The monoisotopic (exact) mass is 517 g/mol. The van der Waals surface area contributed by atoms with Crippen LogP contribution < -0.4 is 11.1 Å². The number of nitrogens with one attached hydrogen (secondary N) is 1. The van der Waals surface area contributed by atoms with Gasteiger partial charge < -0.3 is 15.7 Å². The van der Waals surface area contributed by atoms with Gasteiger partial charge in [-0.05, 0) is 49.3 Å². The van der Waals surface area contributed by atoms with Crippen LogP contribution in [-0.2, 0) is 20.8 Å². The number of halogens is 3. The summed E-state index contributed by atoms with van der Waals surface area (Å²) in [7, 11) is 0. The van der Waals surface area contributed by atoms with Crippen molar-refractivity contribution >= 4 is 17.8 Å². The predicted molar refractivity (Wildman–Crippen MR) is 131 cm³/mol. The number of amides is 2. The summed E-state index contributed by atoms with van der Waals surface area (Å²) in [6, 6.07) is 18.4. The van der Waals surface area contributed by atoms with Gasteiger partial charge in [-0.3, -0.25) is 14.9 Å². The molecule has 0 spiro atoms. The normalized spacial score (nSPS) is 19.6. The van der Waals surface area contributed by atoms with Crippen molar-refractivity contribution in [2.45, 2.75) is 63.0 Å². The Bertz CT molecular complexity index is 1110. The number of alkyl halides is 3. The van der Waals surface area contributed by atoms with Crippen LogP contribution in [0.3, 0.4) is 0 Å². The maximum atomic E-state index is 13.1. The van der Waals surface area contributed by atoms with Gasteiger partial charge in [0, 0.05) is 12.1 Å². The van der Waals surface area contributed by atoms with Gasteiger partial charge in [0.1, 0.15) is 0 Å². The van der Waals surface area contributed by atoms with Crippen LogP contribution in [0.25, 0.3) is 0 Å². The van der Waals surface area contributed by atoms with E-state index in [9.17, 15) is 22.8 Å². The van der Waals surface area contributed by atoms with E-state index in [1.807, 2.05) is 41.3 Å². The number of aryl methyl sites for hydroxylation is 1. The molecule has 2 bridgehead atoms. The molecular formula is C27H30F3N3O4. The fraction of sp³-hybridized carbons (Fsp3) is 0.370. The highest BCUT2D eigenvalue weighted by molar-refractivity contribution is 5.89. The molecule has 2 aromatic carbocycles. The van der Waals surface area contributed by atoms with Crippen LogP contribution in [-0.4, -0.2) is 46.1 Å². The van der Waals surface area contributed by atoms with Gasteiger partial charge in [-0.15, -0.1) is 0 Å². The van der Waals surface area contributed by atoms with Crippen LogP contribution in [0.4, 0.5) is 13.2 Å². The van der Waals surface area contributed by atoms with E-state index in [1.54, 1.807) is 13.0 Å². The van der Waals surface area contributed by atoms with Crippen LogP contribution in [0, 0.1) is 0 Å². The summed E-state index contributed by atoms with van der Waals surface area (Å²) in [5, 5.41) is 10.4. The first-order valence-corrected chi connectivity index (χ1v) is 12.0. The molecule has 1 fully saturated rings. The molecule has 198 valence electrons. The van der Waals surface area contributed by atoms with Gasteiger partial charge >= 0.3 is 12.1 Å². The maximum Gasteiger partial charge on any atom is 0.490 e. The quantitative estimate of drug-likeness (QED) is 0.457. The molecule has 7 nitrogen and oxygen atoms in total. The molecule has 0 radical (unpaired) electrons. The van der Waals surface area contributed by atoms with E-state index < -0.39 is 24.1 Å². The smallest absolute Gasteiger partial charge is 0.475 e. The van der Waals surface area contributed by atoms with Crippen LogP contribution in [0.2, 0.25) is 0 Å². The molecule has 2 aliphatic heterocycles. The molecule has 2 aromatic rings. The Morgan fingerprint density at radius 1 is 1.05 bits per heavy atom. The molecule has 2 aliphatic rings. The van der Waals surface area contributed by atoms with Gasteiger partial charge in [0.2, 0.25) is 11.8 Å². The van der Waals surface area contributed by atoms with E-state index in [-0.39, 0.29) is 24.0 Å². The molecule has 2 amide bonds. The van der Waals surface area contributed by atoms with Gasteiger partial charge in [-0.25, -0.2) is 4.79 Å². The number of nitrogens with zero attached hydrogens (tertiary/aromatic N) is 1. The molecule has 10 heteroatoms. The molecule has 4 rings (SSSR count). The first kappa shape index (κ1) is 27.9. The van der Waals surface area contributed by atoms with Crippen molar-refractivity contribution in [2.24, 2.45) is 5.73 Å². The van der Waals surface area contributed by atoms with Crippen LogP contribution >= 0.6 is 0 Å². The first-order valence-electron chi connectivity index (χ1n) is 12.0. The minimum atomic E-state index is -5.08. The fourth-order valence-corrected chi connectivity index (χ4v) is 4.74. The average Bonchev–Trinajstić information content (AvgIpc) is 3.43. The van der Waals surface area contributed by atoms with Crippen molar-refractivity contribution < 1.29 is 32.7 Å². The second-order valence-electron chi connectivity index (χ2n) is 9.07. The molecule has 0 saturated carbocycles. The Morgan fingerprint density at radius 2 is 1.57 bits per heavy atom. The predicted octanol–water partition coefficient (Wildman–Crippen LogP) is 4.06. The number of carbonyl (C=O) groups is 3. The summed E-state index contributed by atoms with van der Waals surface area (Å²) in [6.45, 7) is 1.75. The summed E-state index contributed by atoms with van der Waals surface area (Å²) < 4.78 is 31.7. The minimum Gasteiger partial charge on any atom is -0.475 e. The summed E-state index contributed by atoms with van der Waals surface area (Å²) >= 11 is 0. The van der Waals surface area contributed by atoms with Crippen LogP contribution in [0.15, 0.2) is 66.7 Å². The highest BCUT2D eigenvalue weighted by atomic mass is 19.4. The van der Waals surface area contributed by atoms with Gasteiger partial charge in [0.05, 0.1) is 18.1 Å². The van der Waals surface area contributed by atoms with Crippen LogP contribution in [0.1, 0.15) is 55.0 Å². The Kier molecular flexibility index (Phi) is 9.09. The lowest BCUT2D eigenvalue weighted by Crippen LogP contribution is -2.44. The van der Waals surface area contributed by atoms with Crippen molar-refractivity contribution in [3.63, 3.8) is 0 Å². The Hall–Kier alpha value is -3.66. The second kappa shape index (κ2) is 12.1. The third kappa shape index (κ3) is 7.19. The standard InChI is InChI=1S/C25H29N3O2.C2HF3O2/c1-17(25(26)30)27-19(12-11-18-7-3-2-4-8-18)13-16-24(29)28-22-14-15-23(28)21-10-6-5-9-20(21)22;3-2(4,5)1(6)7/h2-10,13,16-17,19,22-23,27H,11-12,14-15H2,1H3,(H2,26,30);(H,6,7)/b16-13+;/t17-,19-,22-,23+;/m0./s1. The lowest BCUT2D eigenvalue weighted by Gasteiger charge is -2.22. The zero-order chi connectivity index (χ0) is 27.2. The van der Waals surface area contributed by atoms with Crippen LogP contribution in [0.5, 0.6) is 0 Å². The van der Waals surface area contributed by atoms with Gasteiger partial charge in [-0.2, -0.15) is 13.2 Å². The Labute approximate surface area is 213 Å². The molecule has 37 heavy (non-hydrogen) atoms. The molecule has 2 heterocycles. The van der Waals surface area contributed by atoms with E-state index in [0.29, 0.717) is 0 Å². The number of benzene rings is 2. The Balaban J connectivity index is 0.000000479. The van der Waals surface area contributed by atoms with Crippen molar-refractivity contribution in [2.75, 3.05) is 0 Å². The largest absolute Gasteiger partial charge is 0.490 e. The molecule has 1 saturated heterocycles. The van der Waals surface area contributed by atoms with Gasteiger partial charge in [-0.1, -0.05) is 60.7 Å². The number of rotatable bonds is 8. The number of fused-ring (bicyclic) bond motifs is 5. The lowest BCUT2D eigenvalue weighted by atomic mass is 9.92. The molecular weight excluding hydrogens is 487 g/mol. The minimum absolute atomic E-state index is 0.0388. The van der Waals surface area contributed by atoms with E-state index in [0.717, 1.165) is 25.7 Å². The summed E-state index contributed by atoms with van der Waals surface area (Å²) in [5.74, 6) is -3.11. The number of carboxylic acids is 1. The number of hydrogen-bond donors (Lipinski definition) is 3. The third-order valence-corrected chi connectivity index (χ3v) is 6.54. The lowest BCUT2D eigenvalue weighted by molar-refractivity contribution is -0.192. The fourth-order valence-electron chi connectivity index (χ4n) is 4.74. The summed E-state index contributed by atoms with van der Waals surface area (Å²) in [5.41, 5.74) is 9.24. The van der Waals surface area contributed by atoms with E-state index >= 15 is 0 Å². The van der Waals surface area contributed by atoms with Crippen molar-refractivity contribution in [3.05, 3.63) is 83.4 Å². The van der Waals surface area contributed by atoms with E-state index in [1.165, 1.54) is 16.7 Å². The molecule has 4 N–H and O–H groups in total. The number of aliphatic carboxylic acids is 1. The number of primary amides is 1. The topological polar surface area (TPSA) is 113 Å². The first-order chi connectivity index (χ1) is 17.5. The SMILES string of the molecule is C[C@H](N[C@H](/C=C/C(=O)N1[C@@H]2CC[C@H]1c1ccccc12)CCc1ccccc1)C(N)=O.O=C(O)C(F)(F)F. The van der Waals surface area contributed by atoms with Crippen molar-refractivity contribution in [3.8, 4) is 0 Å². The summed E-state index contributed by atoms with van der Waals surface area (Å²) in [4.78, 5) is 35.5. The number of carbonyl (C=O) groups excluding carboxylic acids is 2. The number of hydrogen-bond acceptors (Lipinski definition) is 4. The second-order valence-corrected chi connectivity index (χ2v) is 9.07. The maximum absolute atomic E-state index is 13.1. The highest BCUT2D eigenvalue weighted by Crippen LogP contribution is 2.52. The van der Waals surface area contributed by atoms with Crippen molar-refractivity contribution in [1.29, 1.82) is 0 Å². The number of nitrogens with two attached hydrogens (primary N) is 1. The summed E-state index contributed by atoms with van der Waals surface area (Å²) in [6.07, 6.45) is 2.16. The zero-order valence-electron chi connectivity index (χ0n) is 20.3. The Morgan fingerprint density at radius 3 is 2.05 bits per heavy atom. The molecule has 0 unspecified atom stereocenters. The molecule has 0 aliphatic carbocycles. The third-order valence-electron chi connectivity index (χ3n) is 6.54. The average molecular weight is 518 g/mol. The van der Waals surface area contributed by atoms with Gasteiger partial charge in [0.15, 0.2) is 0 Å². The number of carboxylic acid groups (broad SMARTS) is 1.